The van der Waals surface area contributed by atoms with E-state index in [1.165, 1.54) is 0 Å². The number of carbonyl (C=O) groups excluding carboxylic acids is 1. The average molecular weight is 436 g/mol. The van der Waals surface area contributed by atoms with Gasteiger partial charge in [0.2, 0.25) is 10.0 Å². The van der Waals surface area contributed by atoms with Gasteiger partial charge in [0.25, 0.3) is 5.91 Å². The molecule has 0 bridgehead atoms. The van der Waals surface area contributed by atoms with Crippen LogP contribution in [0.3, 0.4) is 0 Å². The number of piperidine rings is 1. The number of aliphatic hydroxyl groups is 1. The van der Waals surface area contributed by atoms with Crippen molar-refractivity contribution in [2.75, 3.05) is 31.1 Å². The zero-order valence-corrected chi connectivity index (χ0v) is 18.4. The van der Waals surface area contributed by atoms with Gasteiger partial charge >= 0.3 is 0 Å². The average Bonchev–Trinajstić information content (AvgIpc) is 3.30. The lowest BCUT2D eigenvalue weighted by atomic mass is 9.93. The highest BCUT2D eigenvalue weighted by Crippen LogP contribution is 2.30. The molecule has 0 unspecified atom stereocenters. The highest BCUT2D eigenvalue weighted by molar-refractivity contribution is 7.89. The maximum Gasteiger partial charge on any atom is 0.253 e. The molecule has 2 aliphatic heterocycles. The molecule has 30 heavy (non-hydrogen) atoms. The normalized spacial score (nSPS) is 26.0. The maximum atomic E-state index is 13.2. The fraction of sp³-hybridized carbons (Fsp3) is 0.682. The van der Waals surface area contributed by atoms with Gasteiger partial charge in [-0.25, -0.2) is 8.42 Å². The first kappa shape index (κ1) is 21.6. The fourth-order valence-electron chi connectivity index (χ4n) is 4.83. The van der Waals surface area contributed by atoms with Crippen LogP contribution in [0, 0.1) is 0 Å². The lowest BCUT2D eigenvalue weighted by Crippen LogP contribution is -2.39. The Bertz CT molecular complexity index is 853. The first-order chi connectivity index (χ1) is 14.4. The number of anilines is 1. The number of carbonyl (C=O) groups is 1. The van der Waals surface area contributed by atoms with Crippen LogP contribution in [0.4, 0.5) is 5.69 Å². The van der Waals surface area contributed by atoms with Crippen LogP contribution in [0.1, 0.15) is 68.1 Å². The summed E-state index contributed by atoms with van der Waals surface area (Å²) < 4.78 is 27.9. The van der Waals surface area contributed by atoms with Gasteiger partial charge in [0.1, 0.15) is 0 Å². The van der Waals surface area contributed by atoms with E-state index < -0.39 is 10.0 Å². The van der Waals surface area contributed by atoms with Gasteiger partial charge in [-0.2, -0.15) is 4.31 Å². The summed E-state index contributed by atoms with van der Waals surface area (Å²) in [5.74, 6) is -0.214. The van der Waals surface area contributed by atoms with Crippen molar-refractivity contribution in [1.82, 2.24) is 9.62 Å². The monoisotopic (exact) mass is 435 g/mol. The molecule has 166 valence electrons. The Morgan fingerprint density at radius 2 is 1.57 bits per heavy atom. The maximum absolute atomic E-state index is 13.2. The first-order valence-electron chi connectivity index (χ1n) is 11.3. The number of aliphatic hydroxyl groups excluding tert-OH is 1. The number of rotatable bonds is 5. The number of sulfonamides is 1. The third-order valence-corrected chi connectivity index (χ3v) is 8.54. The molecule has 1 aliphatic carbocycles. The molecule has 1 saturated carbocycles. The smallest absolute Gasteiger partial charge is 0.253 e. The van der Waals surface area contributed by atoms with E-state index in [0.29, 0.717) is 31.5 Å². The molecule has 7 nitrogen and oxygen atoms in total. The van der Waals surface area contributed by atoms with E-state index in [1.807, 2.05) is 6.07 Å². The highest BCUT2D eigenvalue weighted by Gasteiger charge is 2.29. The summed E-state index contributed by atoms with van der Waals surface area (Å²) in [6.45, 7) is 2.85. The van der Waals surface area contributed by atoms with Crippen LogP contribution < -0.4 is 10.2 Å². The lowest BCUT2D eigenvalue weighted by molar-refractivity contribution is 0.0868. The van der Waals surface area contributed by atoms with Crippen molar-refractivity contribution in [2.24, 2.45) is 0 Å². The number of hydrogen-bond acceptors (Lipinski definition) is 5. The molecule has 2 saturated heterocycles. The van der Waals surface area contributed by atoms with E-state index in [1.54, 1.807) is 16.4 Å². The molecule has 3 aliphatic rings. The van der Waals surface area contributed by atoms with E-state index in [2.05, 4.69) is 10.2 Å². The second-order valence-corrected chi connectivity index (χ2v) is 10.8. The summed E-state index contributed by atoms with van der Waals surface area (Å²) in [6.07, 6.45) is 7.57. The van der Waals surface area contributed by atoms with Gasteiger partial charge in [0, 0.05) is 37.9 Å². The molecular formula is C22H33N3O4S. The SMILES string of the molecule is O=C(NC1CCC(O)CC1)c1cc(S(=O)(=O)N2CCCCC2)ccc1N1CCCC1. The van der Waals surface area contributed by atoms with Gasteiger partial charge in [-0.05, 0) is 69.6 Å². The number of nitrogens with zero attached hydrogens (tertiary/aromatic N) is 2. The summed E-state index contributed by atoms with van der Waals surface area (Å²) in [5, 5.41) is 12.8. The van der Waals surface area contributed by atoms with Gasteiger partial charge in [-0.3, -0.25) is 4.79 Å². The molecule has 4 rings (SSSR count). The molecule has 1 amide bonds. The first-order valence-corrected chi connectivity index (χ1v) is 12.8. The van der Waals surface area contributed by atoms with Crippen LogP contribution in [0.5, 0.6) is 0 Å². The Labute approximate surface area is 179 Å². The van der Waals surface area contributed by atoms with Crippen LogP contribution in [-0.2, 0) is 10.0 Å². The molecule has 0 atom stereocenters. The minimum absolute atomic E-state index is 0.0229. The van der Waals surface area contributed by atoms with Crippen molar-refractivity contribution in [3.05, 3.63) is 23.8 Å². The third-order valence-electron chi connectivity index (χ3n) is 6.64. The van der Waals surface area contributed by atoms with Crippen molar-refractivity contribution in [3.8, 4) is 0 Å². The van der Waals surface area contributed by atoms with Crippen molar-refractivity contribution < 1.29 is 18.3 Å². The number of nitrogens with one attached hydrogen (secondary N) is 1. The van der Waals surface area contributed by atoms with Crippen LogP contribution in [0.2, 0.25) is 0 Å². The molecule has 1 aromatic carbocycles. The number of amides is 1. The largest absolute Gasteiger partial charge is 0.393 e. The van der Waals surface area contributed by atoms with Gasteiger partial charge < -0.3 is 15.3 Å². The predicted molar refractivity (Wildman–Crippen MR) is 116 cm³/mol. The lowest BCUT2D eigenvalue weighted by Gasteiger charge is -2.28. The molecule has 2 N–H and O–H groups in total. The van der Waals surface area contributed by atoms with Gasteiger partial charge in [-0.15, -0.1) is 0 Å². The summed E-state index contributed by atoms with van der Waals surface area (Å²) in [7, 11) is -3.60. The van der Waals surface area contributed by atoms with Crippen molar-refractivity contribution >= 4 is 21.6 Å². The standard InChI is InChI=1S/C22H33N3O4S/c26-18-8-6-17(7-9-18)23-22(27)20-16-19(10-11-21(20)24-12-4-5-13-24)30(28,29)25-14-2-1-3-15-25/h10-11,16-18,26H,1-9,12-15H2,(H,23,27). The van der Waals surface area contributed by atoms with E-state index in [4.69, 9.17) is 0 Å². The van der Waals surface area contributed by atoms with Crippen molar-refractivity contribution in [2.45, 2.75) is 74.8 Å². The van der Waals surface area contributed by atoms with Crippen molar-refractivity contribution in [3.63, 3.8) is 0 Å². The number of benzene rings is 1. The minimum atomic E-state index is -3.60. The zero-order chi connectivity index (χ0) is 21.1. The molecule has 3 fully saturated rings. The third kappa shape index (κ3) is 4.65. The second-order valence-electron chi connectivity index (χ2n) is 8.82. The second kappa shape index (κ2) is 9.24. The van der Waals surface area contributed by atoms with E-state index >= 15 is 0 Å². The van der Waals surface area contributed by atoms with E-state index in [0.717, 1.165) is 63.7 Å². The molecule has 0 radical (unpaired) electrons. The Kier molecular flexibility index (Phi) is 6.65. The van der Waals surface area contributed by atoms with Crippen LogP contribution >= 0.6 is 0 Å². The summed E-state index contributed by atoms with van der Waals surface area (Å²) in [6, 6.07) is 5.06. The Morgan fingerprint density at radius 1 is 0.933 bits per heavy atom. The Morgan fingerprint density at radius 3 is 2.23 bits per heavy atom. The number of hydrogen-bond donors (Lipinski definition) is 2. The molecule has 2 heterocycles. The molecule has 0 spiro atoms. The topological polar surface area (TPSA) is 89.9 Å². The quantitative estimate of drug-likeness (QED) is 0.742. The van der Waals surface area contributed by atoms with Crippen LogP contribution in [0.15, 0.2) is 23.1 Å². The van der Waals surface area contributed by atoms with Gasteiger partial charge in [0.15, 0.2) is 0 Å². The fourth-order valence-corrected chi connectivity index (χ4v) is 6.37. The minimum Gasteiger partial charge on any atom is -0.393 e. The molecule has 1 aromatic rings. The molecular weight excluding hydrogens is 402 g/mol. The van der Waals surface area contributed by atoms with E-state index in [9.17, 15) is 18.3 Å². The van der Waals surface area contributed by atoms with Crippen LogP contribution in [0.25, 0.3) is 0 Å². The Balaban J connectivity index is 1.61. The Hall–Kier alpha value is -1.64. The zero-order valence-electron chi connectivity index (χ0n) is 17.6. The highest BCUT2D eigenvalue weighted by atomic mass is 32.2. The molecule has 0 aromatic heterocycles. The summed E-state index contributed by atoms with van der Waals surface area (Å²) >= 11 is 0. The summed E-state index contributed by atoms with van der Waals surface area (Å²) in [5.41, 5.74) is 1.26. The van der Waals surface area contributed by atoms with Crippen molar-refractivity contribution in [1.29, 1.82) is 0 Å². The van der Waals surface area contributed by atoms with Gasteiger partial charge in [0.05, 0.1) is 16.6 Å². The van der Waals surface area contributed by atoms with E-state index in [-0.39, 0.29) is 22.9 Å². The predicted octanol–water partition coefficient (Wildman–Crippen LogP) is 2.49. The van der Waals surface area contributed by atoms with Gasteiger partial charge in [-0.1, -0.05) is 6.42 Å². The molecule has 8 heteroatoms. The van der Waals surface area contributed by atoms with Crippen LogP contribution in [-0.4, -0.2) is 62.1 Å². The summed E-state index contributed by atoms with van der Waals surface area (Å²) in [4.78, 5) is 15.6.